The summed E-state index contributed by atoms with van der Waals surface area (Å²) in [6.07, 6.45) is 0. The molecule has 0 atom stereocenters. The minimum absolute atomic E-state index is 0.105. The van der Waals surface area contributed by atoms with Crippen LogP contribution in [-0.2, 0) is 0 Å². The van der Waals surface area contributed by atoms with Gasteiger partial charge in [-0.3, -0.25) is 4.79 Å². The van der Waals surface area contributed by atoms with Gasteiger partial charge in [0.25, 0.3) is 5.91 Å². The maximum atomic E-state index is 12.1. The third-order valence-electron chi connectivity index (χ3n) is 3.12. The molecule has 0 fully saturated rings. The van der Waals surface area contributed by atoms with E-state index in [4.69, 9.17) is 0 Å². The molecule has 0 saturated carbocycles. The van der Waals surface area contributed by atoms with E-state index in [1.165, 1.54) is 0 Å². The average molecular weight is 378 g/mol. The van der Waals surface area contributed by atoms with Gasteiger partial charge in [0.15, 0.2) is 0 Å². The van der Waals surface area contributed by atoms with Gasteiger partial charge in [-0.2, -0.15) is 0 Å². The van der Waals surface area contributed by atoms with Crippen LogP contribution in [0.3, 0.4) is 0 Å². The summed E-state index contributed by atoms with van der Waals surface area (Å²) in [6, 6.07) is 9.22. The van der Waals surface area contributed by atoms with Crippen LogP contribution in [0.4, 0.5) is 11.6 Å². The Kier molecular flexibility index (Phi) is 5.92. The van der Waals surface area contributed by atoms with Gasteiger partial charge in [-0.05, 0) is 35.0 Å². The number of halogens is 1. The van der Waals surface area contributed by atoms with Crippen molar-refractivity contribution < 1.29 is 4.79 Å². The molecule has 1 amide bonds. The molecule has 23 heavy (non-hydrogen) atoms. The number of carbonyl (C=O) groups is 1. The minimum atomic E-state index is -0.105. The predicted octanol–water partition coefficient (Wildman–Crippen LogP) is 2.46. The van der Waals surface area contributed by atoms with Crippen LogP contribution < -0.4 is 15.5 Å². The van der Waals surface area contributed by atoms with E-state index in [-0.39, 0.29) is 5.91 Å². The molecule has 1 aromatic carbocycles. The molecule has 0 aliphatic rings. The van der Waals surface area contributed by atoms with Crippen molar-refractivity contribution in [3.05, 3.63) is 46.2 Å². The van der Waals surface area contributed by atoms with Crippen molar-refractivity contribution in [3.8, 4) is 0 Å². The average Bonchev–Trinajstić information content (AvgIpc) is 2.51. The number of rotatable bonds is 6. The van der Waals surface area contributed by atoms with Gasteiger partial charge in [0.05, 0.1) is 5.56 Å². The lowest BCUT2D eigenvalue weighted by molar-refractivity contribution is 0.0954. The molecule has 0 aliphatic heterocycles. The number of anilines is 2. The van der Waals surface area contributed by atoms with Crippen molar-refractivity contribution in [1.29, 1.82) is 0 Å². The Hall–Kier alpha value is -2.15. The molecule has 7 heteroatoms. The quantitative estimate of drug-likeness (QED) is 0.756. The third kappa shape index (κ3) is 4.92. The van der Waals surface area contributed by atoms with E-state index in [0.29, 0.717) is 24.5 Å². The molecule has 1 aromatic heterocycles. The molecule has 0 saturated heterocycles. The van der Waals surface area contributed by atoms with E-state index in [1.54, 1.807) is 6.07 Å². The highest BCUT2D eigenvalue weighted by Gasteiger charge is 2.08. The Morgan fingerprint density at radius 1 is 1.22 bits per heavy atom. The first-order valence-electron chi connectivity index (χ1n) is 7.27. The van der Waals surface area contributed by atoms with Crippen LogP contribution in [0.5, 0.6) is 0 Å². The molecule has 0 bridgehead atoms. The molecular formula is C16H20BrN5O. The summed E-state index contributed by atoms with van der Waals surface area (Å²) in [5, 5.41) is 6.07. The summed E-state index contributed by atoms with van der Waals surface area (Å²) >= 11 is 3.37. The van der Waals surface area contributed by atoms with Crippen molar-refractivity contribution in [2.45, 2.75) is 6.92 Å². The van der Waals surface area contributed by atoms with Crippen LogP contribution >= 0.6 is 15.9 Å². The van der Waals surface area contributed by atoms with Gasteiger partial charge >= 0.3 is 0 Å². The van der Waals surface area contributed by atoms with Gasteiger partial charge in [0.2, 0.25) is 0 Å². The minimum Gasteiger partial charge on any atom is -0.368 e. The van der Waals surface area contributed by atoms with E-state index in [1.807, 2.05) is 50.2 Å². The maximum Gasteiger partial charge on any atom is 0.252 e. The number of aryl methyl sites for hydroxylation is 1. The van der Waals surface area contributed by atoms with E-state index in [0.717, 1.165) is 16.1 Å². The summed E-state index contributed by atoms with van der Waals surface area (Å²) in [5.41, 5.74) is 0.625. The van der Waals surface area contributed by atoms with Gasteiger partial charge in [0, 0.05) is 37.7 Å². The zero-order valence-corrected chi connectivity index (χ0v) is 15.0. The van der Waals surface area contributed by atoms with Gasteiger partial charge in [0.1, 0.15) is 17.5 Å². The summed E-state index contributed by atoms with van der Waals surface area (Å²) in [6.45, 7) is 2.94. The number of benzene rings is 1. The summed E-state index contributed by atoms with van der Waals surface area (Å²) in [7, 11) is 3.87. The van der Waals surface area contributed by atoms with Crippen LogP contribution in [0.2, 0.25) is 0 Å². The molecule has 0 unspecified atom stereocenters. The van der Waals surface area contributed by atoms with E-state index in [9.17, 15) is 4.79 Å². The molecule has 2 aromatic rings. The van der Waals surface area contributed by atoms with Gasteiger partial charge < -0.3 is 15.5 Å². The fourth-order valence-corrected chi connectivity index (χ4v) is 2.44. The Bertz CT molecular complexity index is 690. The largest absolute Gasteiger partial charge is 0.368 e. The second kappa shape index (κ2) is 7.92. The number of aromatic nitrogens is 2. The van der Waals surface area contributed by atoms with E-state index >= 15 is 0 Å². The third-order valence-corrected chi connectivity index (χ3v) is 3.81. The van der Waals surface area contributed by atoms with Gasteiger partial charge in [-0.25, -0.2) is 9.97 Å². The monoisotopic (exact) mass is 377 g/mol. The van der Waals surface area contributed by atoms with Crippen molar-refractivity contribution in [2.24, 2.45) is 0 Å². The lowest BCUT2D eigenvalue weighted by Gasteiger charge is -2.14. The molecule has 6 nitrogen and oxygen atoms in total. The highest BCUT2D eigenvalue weighted by atomic mass is 79.9. The fourth-order valence-electron chi connectivity index (χ4n) is 1.98. The number of carbonyl (C=O) groups excluding carboxylic acids is 1. The molecule has 1 heterocycles. The van der Waals surface area contributed by atoms with Crippen LogP contribution in [-0.4, -0.2) is 43.1 Å². The Labute approximate surface area is 144 Å². The Morgan fingerprint density at radius 3 is 2.65 bits per heavy atom. The maximum absolute atomic E-state index is 12.1. The van der Waals surface area contributed by atoms with Crippen molar-refractivity contribution >= 4 is 33.5 Å². The van der Waals surface area contributed by atoms with Crippen molar-refractivity contribution in [2.75, 3.05) is 37.4 Å². The van der Waals surface area contributed by atoms with Crippen LogP contribution in [0.1, 0.15) is 16.2 Å². The Morgan fingerprint density at radius 2 is 1.96 bits per heavy atom. The molecule has 0 aliphatic carbocycles. The van der Waals surface area contributed by atoms with E-state index < -0.39 is 0 Å². The van der Waals surface area contributed by atoms with E-state index in [2.05, 4.69) is 36.5 Å². The number of hydrogen-bond acceptors (Lipinski definition) is 5. The number of amides is 1. The topological polar surface area (TPSA) is 70.2 Å². The number of hydrogen-bond donors (Lipinski definition) is 2. The standard InChI is InChI=1S/C16H20BrN5O/c1-11-20-14(10-15(21-11)22(2)3)18-8-9-19-16(23)12-6-4-5-7-13(12)17/h4-7,10H,8-9H2,1-3H3,(H,19,23)(H,18,20,21). The summed E-state index contributed by atoms with van der Waals surface area (Å²) in [4.78, 5) is 22.7. The lowest BCUT2D eigenvalue weighted by Crippen LogP contribution is -2.29. The summed E-state index contributed by atoms with van der Waals surface area (Å²) in [5.74, 6) is 2.19. The molecule has 0 radical (unpaired) electrons. The second-order valence-electron chi connectivity index (χ2n) is 5.22. The van der Waals surface area contributed by atoms with Crippen molar-refractivity contribution in [1.82, 2.24) is 15.3 Å². The number of nitrogens with zero attached hydrogens (tertiary/aromatic N) is 3. The highest BCUT2D eigenvalue weighted by molar-refractivity contribution is 9.10. The fraction of sp³-hybridized carbons (Fsp3) is 0.312. The molecule has 2 rings (SSSR count). The number of nitrogens with one attached hydrogen (secondary N) is 2. The predicted molar refractivity (Wildman–Crippen MR) is 96.1 cm³/mol. The van der Waals surface area contributed by atoms with Crippen LogP contribution in [0, 0.1) is 6.92 Å². The van der Waals surface area contributed by atoms with Crippen LogP contribution in [0.15, 0.2) is 34.8 Å². The first-order valence-corrected chi connectivity index (χ1v) is 8.06. The normalized spacial score (nSPS) is 10.3. The van der Waals surface area contributed by atoms with Gasteiger partial charge in [-0.1, -0.05) is 12.1 Å². The smallest absolute Gasteiger partial charge is 0.252 e. The van der Waals surface area contributed by atoms with Gasteiger partial charge in [-0.15, -0.1) is 0 Å². The second-order valence-corrected chi connectivity index (χ2v) is 6.07. The highest BCUT2D eigenvalue weighted by Crippen LogP contribution is 2.15. The SMILES string of the molecule is Cc1nc(NCCNC(=O)c2ccccc2Br)cc(N(C)C)n1. The first kappa shape index (κ1) is 17.2. The zero-order chi connectivity index (χ0) is 16.8. The first-order chi connectivity index (χ1) is 11.0. The molecule has 0 spiro atoms. The zero-order valence-electron chi connectivity index (χ0n) is 13.4. The van der Waals surface area contributed by atoms with Crippen LogP contribution in [0.25, 0.3) is 0 Å². The lowest BCUT2D eigenvalue weighted by atomic mass is 10.2. The molecular weight excluding hydrogens is 358 g/mol. The molecule has 2 N–H and O–H groups in total. The van der Waals surface area contributed by atoms with Crippen molar-refractivity contribution in [3.63, 3.8) is 0 Å². The molecule has 122 valence electrons. The summed E-state index contributed by atoms with van der Waals surface area (Å²) < 4.78 is 0.785. The Balaban J connectivity index is 1.86.